The standard InChI is InChI=1S/C9H3BF2N3/c11-8-3-1-2-7(9(8)12)10(4-13,5-14)6-15/h1-3H/q-1. The number of hydrogen-bond acceptors (Lipinski definition) is 3. The van der Waals surface area contributed by atoms with E-state index in [9.17, 15) is 8.78 Å². The molecule has 0 fully saturated rings. The van der Waals surface area contributed by atoms with Gasteiger partial charge in [0.1, 0.15) is 5.82 Å². The Kier molecular flexibility index (Phi) is 2.69. The van der Waals surface area contributed by atoms with E-state index in [4.69, 9.17) is 15.8 Å². The number of nitriles is 3. The summed E-state index contributed by atoms with van der Waals surface area (Å²) >= 11 is 0. The van der Waals surface area contributed by atoms with Crippen molar-refractivity contribution < 1.29 is 8.78 Å². The second-order valence-electron chi connectivity index (χ2n) is 2.90. The van der Waals surface area contributed by atoms with Crippen LogP contribution in [-0.2, 0) is 0 Å². The van der Waals surface area contributed by atoms with Gasteiger partial charge in [-0.2, -0.15) is 0 Å². The van der Waals surface area contributed by atoms with Crippen LogP contribution in [0.4, 0.5) is 8.78 Å². The Morgan fingerprint density at radius 3 is 2.00 bits per heavy atom. The average molecular weight is 202 g/mol. The first-order chi connectivity index (χ1) is 7.11. The maximum atomic E-state index is 13.2. The number of halogens is 2. The lowest BCUT2D eigenvalue weighted by Gasteiger charge is -2.17. The Bertz CT molecular complexity index is 486. The molecule has 1 rings (SSSR count). The summed E-state index contributed by atoms with van der Waals surface area (Å²) in [5.41, 5.74) is -0.498. The van der Waals surface area contributed by atoms with Crippen molar-refractivity contribution >= 4 is 11.6 Å². The molecule has 0 N–H and O–H groups in total. The summed E-state index contributed by atoms with van der Waals surface area (Å²) in [5, 5.41) is 26.1. The fourth-order valence-electron chi connectivity index (χ4n) is 1.15. The predicted octanol–water partition coefficient (Wildman–Crippen LogP) is 0.809. The third-order valence-corrected chi connectivity index (χ3v) is 2.03. The van der Waals surface area contributed by atoms with Crippen LogP contribution in [0.3, 0.4) is 0 Å². The highest BCUT2D eigenvalue weighted by Gasteiger charge is 2.30. The minimum atomic E-state index is -3.01. The molecule has 0 aliphatic heterocycles. The molecule has 0 spiro atoms. The zero-order chi connectivity index (χ0) is 11.5. The van der Waals surface area contributed by atoms with E-state index in [2.05, 4.69) is 0 Å². The fourth-order valence-corrected chi connectivity index (χ4v) is 1.15. The maximum absolute atomic E-state index is 13.2. The van der Waals surface area contributed by atoms with Gasteiger partial charge >= 0.3 is 6.15 Å². The highest BCUT2D eigenvalue weighted by molar-refractivity contribution is 7.09. The average Bonchev–Trinajstić information content (AvgIpc) is 2.27. The molecule has 0 aliphatic carbocycles. The Morgan fingerprint density at radius 2 is 1.53 bits per heavy atom. The monoisotopic (exact) mass is 202 g/mol. The predicted molar refractivity (Wildman–Crippen MR) is 48.6 cm³/mol. The molecule has 0 heterocycles. The Morgan fingerprint density at radius 1 is 1.00 bits per heavy atom. The molecule has 0 amide bonds. The van der Waals surface area contributed by atoms with Gasteiger partial charge in [0, 0.05) is 0 Å². The second kappa shape index (κ2) is 3.78. The molecule has 6 heteroatoms. The number of hydrogen-bond donors (Lipinski definition) is 0. The van der Waals surface area contributed by atoms with Gasteiger partial charge in [0.2, 0.25) is 0 Å². The van der Waals surface area contributed by atoms with E-state index in [0.717, 1.165) is 18.2 Å². The lowest BCUT2D eigenvalue weighted by atomic mass is 9.25. The molecule has 15 heavy (non-hydrogen) atoms. The Balaban J connectivity index is 3.55. The van der Waals surface area contributed by atoms with Crippen LogP contribution in [0, 0.1) is 45.3 Å². The Hall–Kier alpha value is -2.39. The van der Waals surface area contributed by atoms with Crippen molar-refractivity contribution in [1.29, 1.82) is 15.8 Å². The zero-order valence-electron chi connectivity index (χ0n) is 7.41. The molecule has 72 valence electrons. The molecule has 1 aromatic carbocycles. The molecular weight excluding hydrogens is 199 g/mol. The summed E-state index contributed by atoms with van der Waals surface area (Å²) in [6.45, 7) is 0. The minimum Gasteiger partial charge on any atom is -0.246 e. The zero-order valence-corrected chi connectivity index (χ0v) is 7.41. The molecule has 0 radical (unpaired) electrons. The lowest BCUT2D eigenvalue weighted by Crippen LogP contribution is -2.47. The summed E-state index contributed by atoms with van der Waals surface area (Å²) < 4.78 is 26.1. The van der Waals surface area contributed by atoms with Gasteiger partial charge in [0.25, 0.3) is 0 Å². The molecule has 0 aliphatic rings. The van der Waals surface area contributed by atoms with Gasteiger partial charge in [0.15, 0.2) is 5.82 Å². The summed E-state index contributed by atoms with van der Waals surface area (Å²) in [6, 6.07) is 3.07. The van der Waals surface area contributed by atoms with Crippen molar-refractivity contribution in [2.45, 2.75) is 0 Å². The molecule has 3 nitrogen and oxygen atoms in total. The van der Waals surface area contributed by atoms with Crippen molar-refractivity contribution in [3.05, 3.63) is 29.8 Å². The van der Waals surface area contributed by atoms with E-state index in [1.807, 2.05) is 0 Å². The van der Waals surface area contributed by atoms with Crippen molar-refractivity contribution in [1.82, 2.24) is 0 Å². The molecular formula is C9H3BF2N3-. The van der Waals surface area contributed by atoms with Crippen molar-refractivity contribution in [2.75, 3.05) is 0 Å². The van der Waals surface area contributed by atoms with Crippen LogP contribution < -0.4 is 5.46 Å². The van der Waals surface area contributed by atoms with E-state index in [0.29, 0.717) is 0 Å². The molecule has 0 saturated heterocycles. The van der Waals surface area contributed by atoms with Gasteiger partial charge in [-0.25, -0.2) is 24.6 Å². The molecule has 0 bridgehead atoms. The van der Waals surface area contributed by atoms with E-state index < -0.39 is 23.2 Å². The van der Waals surface area contributed by atoms with Crippen LogP contribution in [-0.4, -0.2) is 6.15 Å². The van der Waals surface area contributed by atoms with Gasteiger partial charge in [-0.3, -0.25) is 0 Å². The highest BCUT2D eigenvalue weighted by Crippen LogP contribution is 2.08. The van der Waals surface area contributed by atoms with E-state index in [1.54, 1.807) is 0 Å². The summed E-state index contributed by atoms with van der Waals surface area (Å²) in [4.78, 5) is 0. The third-order valence-electron chi connectivity index (χ3n) is 2.03. The summed E-state index contributed by atoms with van der Waals surface area (Å²) in [7, 11) is 0. The largest absolute Gasteiger partial charge is 0.324 e. The highest BCUT2D eigenvalue weighted by atomic mass is 19.2. The number of rotatable bonds is 1. The van der Waals surface area contributed by atoms with E-state index in [1.165, 1.54) is 17.9 Å². The van der Waals surface area contributed by atoms with Crippen LogP contribution in [0.1, 0.15) is 0 Å². The van der Waals surface area contributed by atoms with Crippen molar-refractivity contribution in [2.24, 2.45) is 0 Å². The molecule has 0 unspecified atom stereocenters. The first-order valence-electron chi connectivity index (χ1n) is 3.95. The van der Waals surface area contributed by atoms with Gasteiger partial charge in [-0.15, -0.1) is 23.4 Å². The lowest BCUT2D eigenvalue weighted by molar-refractivity contribution is 0.514. The fraction of sp³-hybridized carbons (Fsp3) is 0. The molecule has 1 aromatic rings. The topological polar surface area (TPSA) is 71.4 Å². The van der Waals surface area contributed by atoms with Crippen LogP contribution in [0.25, 0.3) is 0 Å². The quantitative estimate of drug-likeness (QED) is 0.632. The van der Waals surface area contributed by atoms with Gasteiger partial charge < -0.3 is 0 Å². The maximum Gasteiger partial charge on any atom is 0.324 e. The first-order valence-corrected chi connectivity index (χ1v) is 3.95. The molecule has 0 saturated carbocycles. The first kappa shape index (κ1) is 10.7. The SMILES string of the molecule is N#C[B-](C#N)(C#N)c1cccc(F)c1F. The smallest absolute Gasteiger partial charge is 0.246 e. The van der Waals surface area contributed by atoms with Crippen LogP contribution in [0.2, 0.25) is 0 Å². The summed E-state index contributed by atoms with van der Waals surface area (Å²) in [6.07, 6.45) is -3.01. The van der Waals surface area contributed by atoms with Crippen molar-refractivity contribution in [3.63, 3.8) is 0 Å². The number of nitrogens with zero attached hydrogens (tertiary/aromatic N) is 3. The van der Waals surface area contributed by atoms with Gasteiger partial charge in [-0.05, 0) is 6.07 Å². The second-order valence-corrected chi connectivity index (χ2v) is 2.90. The molecule has 0 atom stereocenters. The van der Waals surface area contributed by atoms with Gasteiger partial charge in [0.05, 0.1) is 0 Å². The Labute approximate surface area is 84.7 Å². The third kappa shape index (κ3) is 1.52. The molecule has 0 aromatic heterocycles. The van der Waals surface area contributed by atoms with Crippen LogP contribution in [0.15, 0.2) is 18.2 Å². The van der Waals surface area contributed by atoms with E-state index in [-0.39, 0.29) is 0 Å². The van der Waals surface area contributed by atoms with Crippen LogP contribution in [0.5, 0.6) is 0 Å². The number of benzene rings is 1. The van der Waals surface area contributed by atoms with Crippen molar-refractivity contribution in [3.8, 4) is 17.9 Å². The summed E-state index contributed by atoms with van der Waals surface area (Å²) in [5.74, 6) is 1.80. The van der Waals surface area contributed by atoms with E-state index >= 15 is 0 Å². The van der Waals surface area contributed by atoms with Crippen LogP contribution >= 0.6 is 0 Å². The van der Waals surface area contributed by atoms with Gasteiger partial charge in [-0.1, -0.05) is 12.1 Å². The normalized spacial score (nSPS) is 9.80. The minimum absolute atomic E-state index is 0.498.